The zero-order valence-corrected chi connectivity index (χ0v) is 7.12. The minimum absolute atomic E-state index is 0.339. The molecule has 0 aliphatic heterocycles. The normalized spacial score (nSPS) is 17.0. The summed E-state index contributed by atoms with van der Waals surface area (Å²) in [5, 5.41) is 9.43. The van der Waals surface area contributed by atoms with Crippen LogP contribution in [0.4, 0.5) is 0 Å². The Morgan fingerprint density at radius 3 is 2.83 bits per heavy atom. The summed E-state index contributed by atoms with van der Waals surface area (Å²) in [5.41, 5.74) is 3.62. The fraction of sp³-hybridized carbons (Fsp3) is 0.273. The Kier molecular flexibility index (Phi) is 1.74. The predicted molar refractivity (Wildman–Crippen MR) is 49.8 cm³/mol. The highest BCUT2D eigenvalue weighted by Crippen LogP contribution is 2.29. The van der Waals surface area contributed by atoms with Gasteiger partial charge in [0.15, 0.2) is 0 Å². The van der Waals surface area contributed by atoms with E-state index in [2.05, 4.69) is 18.2 Å². The number of hydrogen-bond donors (Lipinski definition) is 1. The summed E-state index contributed by atoms with van der Waals surface area (Å²) < 4.78 is 0. The maximum absolute atomic E-state index is 9.43. The van der Waals surface area contributed by atoms with Crippen LogP contribution in [0.1, 0.15) is 18.1 Å². The van der Waals surface area contributed by atoms with E-state index in [1.807, 2.05) is 19.1 Å². The summed E-state index contributed by atoms with van der Waals surface area (Å²) in [4.78, 5) is 0. The summed E-state index contributed by atoms with van der Waals surface area (Å²) in [6.07, 6.45) is 2.74. The fourth-order valence-corrected chi connectivity index (χ4v) is 1.71. The molecule has 0 aromatic heterocycles. The van der Waals surface area contributed by atoms with Gasteiger partial charge in [0.05, 0.1) is 6.10 Å². The van der Waals surface area contributed by atoms with Crippen molar-refractivity contribution in [2.45, 2.75) is 19.4 Å². The molecule has 0 saturated carbocycles. The van der Waals surface area contributed by atoms with Gasteiger partial charge in [-0.25, -0.2) is 0 Å². The summed E-state index contributed by atoms with van der Waals surface area (Å²) >= 11 is 0. The molecule has 1 aromatic carbocycles. The molecule has 1 aromatic rings. The Morgan fingerprint density at radius 1 is 1.33 bits per heavy atom. The molecular formula is C11H12O. The third kappa shape index (κ3) is 1.07. The van der Waals surface area contributed by atoms with Gasteiger partial charge in [-0.2, -0.15) is 0 Å². The average Bonchev–Trinajstić information content (AvgIpc) is 2.47. The lowest BCUT2D eigenvalue weighted by atomic mass is 10.0. The third-order valence-electron chi connectivity index (χ3n) is 2.32. The number of fused-ring (bicyclic) bond motifs is 1. The largest absolute Gasteiger partial charge is 0.389 e. The summed E-state index contributed by atoms with van der Waals surface area (Å²) in [7, 11) is 0. The first kappa shape index (κ1) is 7.56. The van der Waals surface area contributed by atoms with Crippen LogP contribution >= 0.6 is 0 Å². The van der Waals surface area contributed by atoms with E-state index in [1.165, 1.54) is 11.1 Å². The van der Waals surface area contributed by atoms with E-state index in [0.717, 1.165) is 12.0 Å². The van der Waals surface area contributed by atoms with Crippen molar-refractivity contribution < 1.29 is 5.11 Å². The molecule has 0 heterocycles. The predicted octanol–water partition coefficient (Wildman–Crippen LogP) is 2.01. The lowest BCUT2D eigenvalue weighted by molar-refractivity contribution is 0.253. The zero-order valence-electron chi connectivity index (χ0n) is 7.12. The van der Waals surface area contributed by atoms with Crippen molar-refractivity contribution in [1.82, 2.24) is 0 Å². The SMILES string of the molecule is CC(O)C1=CCc2ccccc21. The van der Waals surface area contributed by atoms with Crippen LogP contribution in [-0.4, -0.2) is 11.2 Å². The van der Waals surface area contributed by atoms with E-state index < -0.39 is 0 Å². The van der Waals surface area contributed by atoms with Crippen molar-refractivity contribution in [3.8, 4) is 0 Å². The molecule has 1 unspecified atom stereocenters. The maximum Gasteiger partial charge on any atom is 0.0764 e. The lowest BCUT2D eigenvalue weighted by Gasteiger charge is -2.07. The van der Waals surface area contributed by atoms with Gasteiger partial charge in [-0.3, -0.25) is 0 Å². The van der Waals surface area contributed by atoms with Gasteiger partial charge in [-0.1, -0.05) is 30.3 Å². The molecule has 1 aliphatic rings. The molecule has 62 valence electrons. The van der Waals surface area contributed by atoms with E-state index >= 15 is 0 Å². The molecule has 0 bridgehead atoms. The van der Waals surface area contributed by atoms with Crippen molar-refractivity contribution in [3.63, 3.8) is 0 Å². The molecule has 0 fully saturated rings. The van der Waals surface area contributed by atoms with Gasteiger partial charge in [-0.15, -0.1) is 0 Å². The fourth-order valence-electron chi connectivity index (χ4n) is 1.71. The monoisotopic (exact) mass is 160 g/mol. The minimum atomic E-state index is -0.339. The van der Waals surface area contributed by atoms with Gasteiger partial charge in [0.1, 0.15) is 0 Å². The van der Waals surface area contributed by atoms with E-state index in [1.54, 1.807) is 0 Å². The van der Waals surface area contributed by atoms with Gasteiger partial charge in [0, 0.05) is 0 Å². The standard InChI is InChI=1S/C11H12O/c1-8(12)10-7-6-9-4-2-3-5-11(9)10/h2-5,7-8,12H,6H2,1H3. The third-order valence-corrected chi connectivity index (χ3v) is 2.32. The number of rotatable bonds is 1. The van der Waals surface area contributed by atoms with E-state index in [4.69, 9.17) is 0 Å². The number of hydrogen-bond acceptors (Lipinski definition) is 1. The van der Waals surface area contributed by atoms with Gasteiger partial charge in [-0.05, 0) is 30.0 Å². The minimum Gasteiger partial charge on any atom is -0.389 e. The summed E-state index contributed by atoms with van der Waals surface area (Å²) in [6.45, 7) is 1.81. The smallest absolute Gasteiger partial charge is 0.0764 e. The molecule has 1 nitrogen and oxygen atoms in total. The van der Waals surface area contributed by atoms with Crippen molar-refractivity contribution in [2.75, 3.05) is 0 Å². The van der Waals surface area contributed by atoms with Gasteiger partial charge in [0.25, 0.3) is 0 Å². The number of aliphatic hydroxyl groups is 1. The van der Waals surface area contributed by atoms with Crippen molar-refractivity contribution >= 4 is 5.57 Å². The molecule has 12 heavy (non-hydrogen) atoms. The number of aliphatic hydroxyl groups excluding tert-OH is 1. The van der Waals surface area contributed by atoms with Crippen LogP contribution < -0.4 is 0 Å². The zero-order chi connectivity index (χ0) is 8.55. The Balaban J connectivity index is 2.45. The summed E-state index contributed by atoms with van der Waals surface area (Å²) in [6, 6.07) is 8.24. The second kappa shape index (κ2) is 2.76. The molecule has 0 saturated heterocycles. The topological polar surface area (TPSA) is 20.2 Å². The van der Waals surface area contributed by atoms with Crippen LogP contribution in [-0.2, 0) is 6.42 Å². The molecule has 0 radical (unpaired) electrons. The molecule has 1 aliphatic carbocycles. The lowest BCUT2D eigenvalue weighted by Crippen LogP contribution is -2.01. The van der Waals surface area contributed by atoms with Gasteiger partial charge < -0.3 is 5.11 Å². The Labute approximate surface area is 72.4 Å². The Morgan fingerprint density at radius 2 is 2.08 bits per heavy atom. The van der Waals surface area contributed by atoms with Gasteiger partial charge >= 0.3 is 0 Å². The molecular weight excluding hydrogens is 148 g/mol. The number of benzene rings is 1. The van der Waals surface area contributed by atoms with Crippen LogP contribution in [0, 0.1) is 0 Å². The van der Waals surface area contributed by atoms with Crippen LogP contribution in [0.2, 0.25) is 0 Å². The van der Waals surface area contributed by atoms with Crippen molar-refractivity contribution in [1.29, 1.82) is 0 Å². The van der Waals surface area contributed by atoms with Gasteiger partial charge in [0.2, 0.25) is 0 Å². The van der Waals surface area contributed by atoms with E-state index in [0.29, 0.717) is 0 Å². The molecule has 2 rings (SSSR count). The maximum atomic E-state index is 9.43. The first-order valence-electron chi connectivity index (χ1n) is 4.25. The highest BCUT2D eigenvalue weighted by Gasteiger charge is 2.15. The highest BCUT2D eigenvalue weighted by molar-refractivity contribution is 5.75. The van der Waals surface area contributed by atoms with E-state index in [-0.39, 0.29) is 6.10 Å². The van der Waals surface area contributed by atoms with Crippen LogP contribution in [0.25, 0.3) is 5.57 Å². The molecule has 1 heteroatoms. The Hall–Kier alpha value is -1.08. The molecule has 1 atom stereocenters. The Bertz CT molecular complexity index is 324. The first-order chi connectivity index (χ1) is 5.79. The van der Waals surface area contributed by atoms with Crippen LogP contribution in [0.15, 0.2) is 30.3 Å². The quantitative estimate of drug-likeness (QED) is 0.666. The van der Waals surface area contributed by atoms with Crippen LogP contribution in [0.5, 0.6) is 0 Å². The van der Waals surface area contributed by atoms with Crippen LogP contribution in [0.3, 0.4) is 0 Å². The molecule has 0 amide bonds. The second-order valence-corrected chi connectivity index (χ2v) is 3.20. The highest BCUT2D eigenvalue weighted by atomic mass is 16.3. The second-order valence-electron chi connectivity index (χ2n) is 3.20. The first-order valence-corrected chi connectivity index (χ1v) is 4.25. The molecule has 1 N–H and O–H groups in total. The number of allylic oxidation sites excluding steroid dienone is 1. The molecule has 0 spiro atoms. The average molecular weight is 160 g/mol. The van der Waals surface area contributed by atoms with Crippen molar-refractivity contribution in [2.24, 2.45) is 0 Å². The van der Waals surface area contributed by atoms with E-state index in [9.17, 15) is 5.11 Å². The van der Waals surface area contributed by atoms with Crippen molar-refractivity contribution in [3.05, 3.63) is 41.5 Å². The summed E-state index contributed by atoms with van der Waals surface area (Å²) in [5.74, 6) is 0.